The fourth-order valence-corrected chi connectivity index (χ4v) is 4.30. The van der Waals surface area contributed by atoms with Crippen LogP contribution < -0.4 is 16.2 Å². The van der Waals surface area contributed by atoms with Gasteiger partial charge in [-0.2, -0.15) is 0 Å². The summed E-state index contributed by atoms with van der Waals surface area (Å²) in [5.41, 5.74) is 0.626. The van der Waals surface area contributed by atoms with Gasteiger partial charge in [0.1, 0.15) is 18.1 Å². The molecule has 1 aromatic carbocycles. The van der Waals surface area contributed by atoms with E-state index in [2.05, 4.69) is 35.5 Å². The molecule has 0 radical (unpaired) electrons. The van der Waals surface area contributed by atoms with E-state index < -0.39 is 41.3 Å². The SMILES string of the molecule is COC(=O)Nc1cnc(-c2ccccc2)n(CC(=O)N[C@H](C(=O)c2nnc(C(C)(C)c3cc(C)ccn3)o2)C(C)C)c1=O. The predicted molar refractivity (Wildman–Crippen MR) is 156 cm³/mol. The molecule has 0 saturated carbocycles. The van der Waals surface area contributed by atoms with Gasteiger partial charge < -0.3 is 14.5 Å². The molecule has 13 nitrogen and oxygen atoms in total. The van der Waals surface area contributed by atoms with Crippen LogP contribution in [0, 0.1) is 12.8 Å². The van der Waals surface area contributed by atoms with Gasteiger partial charge in [-0.25, -0.2) is 9.78 Å². The number of carbonyl (C=O) groups excluding carboxylic acids is 3. The second kappa shape index (κ2) is 12.8. The first-order chi connectivity index (χ1) is 20.4. The number of aromatic nitrogens is 5. The molecule has 4 rings (SSSR count). The van der Waals surface area contributed by atoms with Crippen LogP contribution in [0.15, 0.2) is 64.1 Å². The van der Waals surface area contributed by atoms with Crippen molar-refractivity contribution in [2.75, 3.05) is 12.4 Å². The number of nitrogens with zero attached hydrogens (tertiary/aromatic N) is 5. The van der Waals surface area contributed by atoms with Crippen LogP contribution in [0.1, 0.15) is 55.5 Å². The number of amides is 2. The summed E-state index contributed by atoms with van der Waals surface area (Å²) < 4.78 is 11.5. The molecule has 1 atom stereocenters. The van der Waals surface area contributed by atoms with E-state index in [4.69, 9.17) is 4.42 Å². The van der Waals surface area contributed by atoms with Crippen LogP contribution in [-0.2, 0) is 21.5 Å². The van der Waals surface area contributed by atoms with Crippen molar-refractivity contribution < 1.29 is 23.5 Å². The molecular weight excluding hydrogens is 554 g/mol. The topological polar surface area (TPSA) is 171 Å². The molecule has 0 aliphatic heterocycles. The Morgan fingerprint density at radius 3 is 2.44 bits per heavy atom. The lowest BCUT2D eigenvalue weighted by atomic mass is 9.88. The van der Waals surface area contributed by atoms with E-state index in [9.17, 15) is 19.2 Å². The van der Waals surface area contributed by atoms with Gasteiger partial charge in [0, 0.05) is 11.8 Å². The third kappa shape index (κ3) is 6.83. The lowest BCUT2D eigenvalue weighted by Gasteiger charge is -2.21. The quantitative estimate of drug-likeness (QED) is 0.262. The molecule has 2 N–H and O–H groups in total. The van der Waals surface area contributed by atoms with Gasteiger partial charge in [0.15, 0.2) is 0 Å². The number of Topliss-reactive ketones (excluding diaryl/α,β-unsaturated/α-hetero) is 1. The molecule has 0 spiro atoms. The number of hydrogen-bond acceptors (Lipinski definition) is 10. The molecule has 3 aromatic heterocycles. The third-order valence-corrected chi connectivity index (χ3v) is 6.79. The highest BCUT2D eigenvalue weighted by molar-refractivity contribution is 5.98. The molecule has 3 heterocycles. The van der Waals surface area contributed by atoms with E-state index in [1.165, 1.54) is 6.20 Å². The average molecular weight is 588 g/mol. The summed E-state index contributed by atoms with van der Waals surface area (Å²) in [5.74, 6) is -1.46. The first kappa shape index (κ1) is 30.8. The maximum atomic E-state index is 13.5. The lowest BCUT2D eigenvalue weighted by molar-refractivity contribution is -0.122. The van der Waals surface area contributed by atoms with Crippen LogP contribution in [0.5, 0.6) is 0 Å². The Hall–Kier alpha value is -5.20. The smallest absolute Gasteiger partial charge is 0.411 e. The maximum Gasteiger partial charge on any atom is 0.411 e. The Kier molecular flexibility index (Phi) is 9.12. The molecule has 13 heteroatoms. The van der Waals surface area contributed by atoms with Gasteiger partial charge in [0.2, 0.25) is 17.6 Å². The zero-order valence-electron chi connectivity index (χ0n) is 24.7. The van der Waals surface area contributed by atoms with E-state index in [1.54, 1.807) is 50.4 Å². The first-order valence-corrected chi connectivity index (χ1v) is 13.5. The summed E-state index contributed by atoms with van der Waals surface area (Å²) in [7, 11) is 1.16. The van der Waals surface area contributed by atoms with E-state index in [-0.39, 0.29) is 29.2 Å². The van der Waals surface area contributed by atoms with Gasteiger partial charge in [-0.3, -0.25) is 29.3 Å². The third-order valence-electron chi connectivity index (χ3n) is 6.79. The van der Waals surface area contributed by atoms with Crippen molar-refractivity contribution in [3.63, 3.8) is 0 Å². The number of hydrogen-bond donors (Lipinski definition) is 2. The summed E-state index contributed by atoms with van der Waals surface area (Å²) in [6, 6.07) is 11.5. The highest BCUT2D eigenvalue weighted by atomic mass is 16.5. The van der Waals surface area contributed by atoms with Crippen LogP contribution in [-0.4, -0.2) is 55.7 Å². The number of aryl methyl sites for hydroxylation is 1. The van der Waals surface area contributed by atoms with Gasteiger partial charge in [0.25, 0.3) is 11.4 Å². The number of benzene rings is 1. The minimum atomic E-state index is -1.04. The molecule has 43 heavy (non-hydrogen) atoms. The highest BCUT2D eigenvalue weighted by Crippen LogP contribution is 2.29. The van der Waals surface area contributed by atoms with Gasteiger partial charge in [-0.1, -0.05) is 44.2 Å². The standard InChI is InChI=1S/C30H33N7O6/c1-17(2)23(24(39)26-35-36-28(43-26)30(4,5)21-14-18(3)12-13-31-21)34-22(38)16-37-25(19-10-8-7-9-11-19)32-15-20(27(37)40)33-29(41)42-6/h7-15,17,23H,16H2,1-6H3,(H,33,41)(H,34,38)/t23-/m0/s1. The van der Waals surface area contributed by atoms with Crippen molar-refractivity contribution in [2.24, 2.45) is 5.92 Å². The Bertz CT molecular complexity index is 1690. The number of ketones is 1. The highest BCUT2D eigenvalue weighted by Gasteiger charge is 2.35. The monoisotopic (exact) mass is 587 g/mol. The molecular formula is C30H33N7O6. The number of nitrogens with one attached hydrogen (secondary N) is 2. The minimum absolute atomic E-state index is 0.181. The Labute approximate surface area is 247 Å². The van der Waals surface area contributed by atoms with Crippen molar-refractivity contribution >= 4 is 23.5 Å². The minimum Gasteiger partial charge on any atom is -0.453 e. The van der Waals surface area contributed by atoms with Gasteiger partial charge in [0.05, 0.1) is 30.5 Å². The van der Waals surface area contributed by atoms with E-state index >= 15 is 0 Å². The van der Waals surface area contributed by atoms with Crippen molar-refractivity contribution in [3.05, 3.63) is 88.3 Å². The number of anilines is 1. The normalized spacial score (nSPS) is 12.1. The Morgan fingerprint density at radius 2 is 1.79 bits per heavy atom. The first-order valence-electron chi connectivity index (χ1n) is 13.5. The molecule has 0 aliphatic rings. The fourth-order valence-electron chi connectivity index (χ4n) is 4.30. The molecule has 4 aromatic rings. The number of pyridine rings is 1. The van der Waals surface area contributed by atoms with Crippen molar-refractivity contribution in [3.8, 4) is 11.4 Å². The zero-order valence-corrected chi connectivity index (χ0v) is 24.7. The summed E-state index contributed by atoms with van der Waals surface area (Å²) >= 11 is 0. The molecule has 2 amide bonds. The van der Waals surface area contributed by atoms with Gasteiger partial charge in [-0.05, 0) is 44.4 Å². The Morgan fingerprint density at radius 1 is 1.07 bits per heavy atom. The van der Waals surface area contributed by atoms with E-state index in [1.807, 2.05) is 32.9 Å². The fraction of sp³-hybridized carbons (Fsp3) is 0.333. The van der Waals surface area contributed by atoms with Crippen molar-refractivity contribution in [1.82, 2.24) is 30.0 Å². The molecule has 0 saturated heterocycles. The number of ether oxygens (including phenoxy) is 1. The van der Waals surface area contributed by atoms with Crippen LogP contribution in [0.4, 0.5) is 10.5 Å². The van der Waals surface area contributed by atoms with Crippen molar-refractivity contribution in [1.29, 1.82) is 0 Å². The summed E-state index contributed by atoms with van der Waals surface area (Å²) in [4.78, 5) is 60.6. The maximum absolute atomic E-state index is 13.5. The number of methoxy groups -OCH3 is 1. The van der Waals surface area contributed by atoms with Crippen LogP contribution in [0.3, 0.4) is 0 Å². The molecule has 0 unspecified atom stereocenters. The van der Waals surface area contributed by atoms with Crippen LogP contribution >= 0.6 is 0 Å². The molecule has 0 aliphatic carbocycles. The van der Waals surface area contributed by atoms with Crippen LogP contribution in [0.2, 0.25) is 0 Å². The molecule has 224 valence electrons. The molecule has 0 bridgehead atoms. The summed E-state index contributed by atoms with van der Waals surface area (Å²) in [6.45, 7) is 8.67. The second-order valence-corrected chi connectivity index (χ2v) is 10.8. The summed E-state index contributed by atoms with van der Waals surface area (Å²) in [5, 5.41) is 13.1. The predicted octanol–water partition coefficient (Wildman–Crippen LogP) is 3.52. The van der Waals surface area contributed by atoms with E-state index in [0.717, 1.165) is 17.2 Å². The number of carbonyl (C=O) groups is 3. The van der Waals surface area contributed by atoms with E-state index in [0.29, 0.717) is 11.3 Å². The zero-order chi connectivity index (χ0) is 31.3. The van der Waals surface area contributed by atoms with Crippen molar-refractivity contribution in [2.45, 2.75) is 52.6 Å². The number of rotatable bonds is 10. The lowest BCUT2D eigenvalue weighted by Crippen LogP contribution is -2.46. The average Bonchev–Trinajstić information content (AvgIpc) is 3.49. The Balaban J connectivity index is 1.60. The second-order valence-electron chi connectivity index (χ2n) is 10.8. The van der Waals surface area contributed by atoms with Gasteiger partial charge >= 0.3 is 6.09 Å². The van der Waals surface area contributed by atoms with Crippen LogP contribution in [0.25, 0.3) is 11.4 Å². The van der Waals surface area contributed by atoms with Gasteiger partial charge in [-0.15, -0.1) is 10.2 Å². The largest absolute Gasteiger partial charge is 0.453 e. The molecule has 0 fully saturated rings. The summed E-state index contributed by atoms with van der Waals surface area (Å²) in [6.07, 6.45) is 2.01.